The summed E-state index contributed by atoms with van der Waals surface area (Å²) < 4.78 is 13.0. The fourth-order valence-electron chi connectivity index (χ4n) is 1.99. The molecule has 24 heavy (non-hydrogen) atoms. The van der Waals surface area contributed by atoms with E-state index >= 15 is 0 Å². The van der Waals surface area contributed by atoms with Crippen LogP contribution in [0.3, 0.4) is 0 Å². The van der Waals surface area contributed by atoms with E-state index in [0.29, 0.717) is 11.3 Å². The molecule has 0 unspecified atom stereocenters. The van der Waals surface area contributed by atoms with Crippen molar-refractivity contribution in [2.45, 2.75) is 19.8 Å². The molecule has 0 bridgehead atoms. The number of carbonyl (C=O) groups excluding carboxylic acids is 1. The fourth-order valence-corrected chi connectivity index (χ4v) is 2.78. The van der Waals surface area contributed by atoms with E-state index in [1.165, 1.54) is 12.1 Å². The molecule has 6 nitrogen and oxygen atoms in total. The number of benzene rings is 1. The molecule has 0 aliphatic rings. The second kappa shape index (κ2) is 7.66. The lowest BCUT2D eigenvalue weighted by molar-refractivity contribution is -0.137. The predicted molar refractivity (Wildman–Crippen MR) is 86.6 cm³/mol. The lowest BCUT2D eigenvalue weighted by Crippen LogP contribution is -2.31. The molecule has 8 heteroatoms. The Labute approximate surface area is 141 Å². The summed E-state index contributed by atoms with van der Waals surface area (Å²) in [6, 6.07) is 5.72. The average Bonchev–Trinajstić information content (AvgIpc) is 3.03. The maximum absolute atomic E-state index is 13.0. The zero-order chi connectivity index (χ0) is 17.7. The highest BCUT2D eigenvalue weighted by molar-refractivity contribution is 7.14. The third kappa shape index (κ3) is 4.14. The summed E-state index contributed by atoms with van der Waals surface area (Å²) in [4.78, 5) is 28.0. The van der Waals surface area contributed by atoms with Gasteiger partial charge in [0.2, 0.25) is 11.0 Å². The first-order valence-corrected chi connectivity index (χ1v) is 7.97. The van der Waals surface area contributed by atoms with Gasteiger partial charge in [0.1, 0.15) is 5.82 Å². The van der Waals surface area contributed by atoms with E-state index in [4.69, 9.17) is 5.11 Å². The van der Waals surface area contributed by atoms with E-state index in [9.17, 15) is 19.2 Å². The number of thiazole rings is 1. The van der Waals surface area contributed by atoms with Crippen molar-refractivity contribution in [3.63, 3.8) is 0 Å². The van der Waals surface area contributed by atoms with Crippen LogP contribution in [-0.4, -0.2) is 22.0 Å². The highest BCUT2D eigenvalue weighted by Gasteiger charge is 2.25. The molecule has 0 saturated carbocycles. The summed E-state index contributed by atoms with van der Waals surface area (Å²) in [5.41, 5.74) is 1.20. The molecule has 0 saturated heterocycles. The topological polar surface area (TPSA) is 94.3 Å². The minimum atomic E-state index is -0.994. The molecule has 2 aromatic rings. The maximum atomic E-state index is 13.0. The number of amides is 1. The van der Waals surface area contributed by atoms with Crippen molar-refractivity contribution >= 4 is 28.3 Å². The molecule has 1 aromatic carbocycles. The quantitative estimate of drug-likeness (QED) is 0.639. The van der Waals surface area contributed by atoms with Gasteiger partial charge in [0, 0.05) is 23.3 Å². The Morgan fingerprint density at radius 2 is 2.08 bits per heavy atom. The van der Waals surface area contributed by atoms with Gasteiger partial charge in [0.05, 0.1) is 5.69 Å². The van der Waals surface area contributed by atoms with Gasteiger partial charge in [-0.25, -0.2) is 9.37 Å². The molecule has 0 fully saturated rings. The Bertz CT molecular complexity index is 783. The zero-order valence-corrected chi connectivity index (χ0v) is 13.6. The van der Waals surface area contributed by atoms with Crippen molar-refractivity contribution in [3.05, 3.63) is 35.5 Å². The Hall–Kier alpha value is -2.79. The van der Waals surface area contributed by atoms with Crippen molar-refractivity contribution in [3.8, 4) is 17.5 Å². The van der Waals surface area contributed by atoms with Crippen LogP contribution in [0.4, 0.5) is 9.52 Å². The number of hydrogen-bond donors (Lipinski definition) is 1. The van der Waals surface area contributed by atoms with Gasteiger partial charge in [-0.1, -0.05) is 6.92 Å². The van der Waals surface area contributed by atoms with Crippen molar-refractivity contribution in [2.75, 3.05) is 4.90 Å². The highest BCUT2D eigenvalue weighted by Crippen LogP contribution is 2.28. The van der Waals surface area contributed by atoms with Crippen LogP contribution in [0, 0.1) is 23.2 Å². The fraction of sp³-hybridized carbons (Fsp3) is 0.250. The number of carboxylic acid groups (broad SMARTS) is 1. The second-order valence-corrected chi connectivity index (χ2v) is 5.97. The summed E-state index contributed by atoms with van der Waals surface area (Å²) in [5.74, 6) is -2.47. The average molecular weight is 347 g/mol. The lowest BCUT2D eigenvalue weighted by Gasteiger charge is -2.15. The molecular weight excluding hydrogens is 333 g/mol. The number of rotatable bonds is 6. The third-order valence-corrected chi connectivity index (χ3v) is 4.18. The van der Waals surface area contributed by atoms with E-state index in [1.807, 2.05) is 0 Å². The number of carboxylic acids is 1. The van der Waals surface area contributed by atoms with E-state index < -0.39 is 17.8 Å². The van der Waals surface area contributed by atoms with Crippen molar-refractivity contribution in [1.82, 2.24) is 4.98 Å². The summed E-state index contributed by atoms with van der Waals surface area (Å²) >= 11 is 1.11. The highest BCUT2D eigenvalue weighted by atomic mass is 32.1. The lowest BCUT2D eigenvalue weighted by atomic mass is 10.0. The molecular formula is C16H14FN3O3S. The number of halogens is 1. The Kier molecular flexibility index (Phi) is 5.60. The van der Waals surface area contributed by atoms with Crippen LogP contribution >= 0.6 is 11.3 Å². The van der Waals surface area contributed by atoms with Crippen LogP contribution in [0.15, 0.2) is 29.6 Å². The number of aromatic nitrogens is 1. The molecule has 0 radical (unpaired) electrons. The van der Waals surface area contributed by atoms with E-state index in [0.717, 1.165) is 16.2 Å². The first kappa shape index (κ1) is 17.6. The predicted octanol–water partition coefficient (Wildman–Crippen LogP) is 3.26. The second-order valence-electron chi connectivity index (χ2n) is 5.13. The Morgan fingerprint density at radius 1 is 1.42 bits per heavy atom. The minimum absolute atomic E-state index is 0.141. The van der Waals surface area contributed by atoms with Gasteiger partial charge in [-0.2, -0.15) is 10.2 Å². The van der Waals surface area contributed by atoms with Crippen LogP contribution in [0.2, 0.25) is 0 Å². The summed E-state index contributed by atoms with van der Waals surface area (Å²) in [6.45, 7) is 1.57. The number of anilines is 1. The van der Waals surface area contributed by atoms with Crippen LogP contribution in [0.5, 0.6) is 0 Å². The SMILES string of the molecule is C[C@H](CCC(=O)O)C(=O)N(C#N)c1nc(-c2ccc(F)cc2)cs1. The number of hydrogen-bond acceptors (Lipinski definition) is 5. The third-order valence-electron chi connectivity index (χ3n) is 3.36. The largest absolute Gasteiger partial charge is 0.481 e. The van der Waals surface area contributed by atoms with Crippen LogP contribution in [0.1, 0.15) is 19.8 Å². The van der Waals surface area contributed by atoms with Crippen molar-refractivity contribution < 1.29 is 19.1 Å². The zero-order valence-electron chi connectivity index (χ0n) is 12.8. The van der Waals surface area contributed by atoms with E-state index in [2.05, 4.69) is 4.98 Å². The summed E-state index contributed by atoms with van der Waals surface area (Å²) in [7, 11) is 0. The van der Waals surface area contributed by atoms with Gasteiger partial charge >= 0.3 is 5.97 Å². The van der Waals surface area contributed by atoms with Gasteiger partial charge in [0.25, 0.3) is 0 Å². The number of carbonyl (C=O) groups is 2. The van der Waals surface area contributed by atoms with Crippen molar-refractivity contribution in [1.29, 1.82) is 5.26 Å². The molecule has 1 N–H and O–H groups in total. The molecule has 1 aromatic heterocycles. The molecule has 1 heterocycles. The smallest absolute Gasteiger partial charge is 0.303 e. The first-order valence-electron chi connectivity index (χ1n) is 7.09. The molecule has 1 atom stereocenters. The van der Waals surface area contributed by atoms with Crippen LogP contribution in [-0.2, 0) is 9.59 Å². The minimum Gasteiger partial charge on any atom is -0.481 e. The van der Waals surface area contributed by atoms with Gasteiger partial charge in [-0.15, -0.1) is 11.3 Å². The van der Waals surface area contributed by atoms with Crippen molar-refractivity contribution in [2.24, 2.45) is 5.92 Å². The number of nitriles is 1. The van der Waals surface area contributed by atoms with E-state index in [-0.39, 0.29) is 23.8 Å². The van der Waals surface area contributed by atoms with Crippen LogP contribution < -0.4 is 4.90 Å². The van der Waals surface area contributed by atoms with Gasteiger partial charge in [-0.05, 0) is 30.7 Å². The van der Waals surface area contributed by atoms with Gasteiger partial charge in [0.15, 0.2) is 6.19 Å². The monoisotopic (exact) mass is 347 g/mol. The normalized spacial score (nSPS) is 11.5. The molecule has 2 rings (SSSR count). The standard InChI is InChI=1S/C16H14FN3O3S/c1-10(2-7-14(21)22)15(23)20(9-18)16-19-13(8-24-16)11-3-5-12(17)6-4-11/h3-6,8,10H,2,7H2,1H3,(H,21,22)/t10-/m1/s1. The number of aliphatic carboxylic acids is 1. The van der Waals surface area contributed by atoms with E-state index in [1.54, 1.807) is 30.6 Å². The molecule has 0 aliphatic carbocycles. The Balaban J connectivity index is 2.16. The molecule has 0 aliphatic heterocycles. The van der Waals surface area contributed by atoms with Gasteiger partial charge in [-0.3, -0.25) is 9.59 Å². The number of nitrogens with zero attached hydrogens (tertiary/aromatic N) is 3. The molecule has 124 valence electrons. The maximum Gasteiger partial charge on any atom is 0.303 e. The van der Waals surface area contributed by atoms with Gasteiger partial charge < -0.3 is 5.11 Å². The molecule has 0 spiro atoms. The molecule has 1 amide bonds. The Morgan fingerprint density at radius 3 is 2.67 bits per heavy atom. The first-order chi connectivity index (χ1) is 11.4. The summed E-state index contributed by atoms with van der Waals surface area (Å²) in [6.07, 6.45) is 1.78. The summed E-state index contributed by atoms with van der Waals surface area (Å²) in [5, 5.41) is 19.8. The van der Waals surface area contributed by atoms with Crippen LogP contribution in [0.25, 0.3) is 11.3 Å².